The van der Waals surface area contributed by atoms with Gasteiger partial charge in [0.2, 0.25) is 0 Å². The number of nitrogens with two attached hydrogens (primary N) is 1. The van der Waals surface area contributed by atoms with E-state index in [0.29, 0.717) is 0 Å². The quantitative estimate of drug-likeness (QED) is 0.842. The molecule has 5 heteroatoms. The van der Waals surface area contributed by atoms with E-state index in [1.54, 1.807) is 0 Å². The van der Waals surface area contributed by atoms with Crippen molar-refractivity contribution >= 4 is 10.8 Å². The van der Waals surface area contributed by atoms with Gasteiger partial charge in [0.05, 0.1) is 20.9 Å². The summed E-state index contributed by atoms with van der Waals surface area (Å²) in [7, 11) is -1.50. The summed E-state index contributed by atoms with van der Waals surface area (Å²) in [4.78, 5) is 0.0683. The van der Waals surface area contributed by atoms with Crippen LogP contribution in [0.25, 0.3) is 0 Å². The second kappa shape index (κ2) is 5.89. The van der Waals surface area contributed by atoms with Crippen LogP contribution in [-0.2, 0) is 10.8 Å². The highest BCUT2D eigenvalue weighted by Gasteiger charge is 2.28. The Morgan fingerprint density at radius 2 is 1.89 bits per heavy atom. The third kappa shape index (κ3) is 2.95. The molecule has 0 saturated heterocycles. The lowest BCUT2D eigenvalue weighted by Crippen LogP contribution is -2.37. The Morgan fingerprint density at radius 3 is 2.61 bits per heavy atom. The molecule has 0 heterocycles. The second-order valence-corrected chi connectivity index (χ2v) is 6.35. The molecule has 2 nitrogen and oxygen atoms in total. The van der Waals surface area contributed by atoms with E-state index in [2.05, 4.69) is 0 Å². The lowest BCUT2D eigenvalue weighted by molar-refractivity contribution is 0.551. The Balaban J connectivity index is 2.23. The van der Waals surface area contributed by atoms with Gasteiger partial charge in [-0.1, -0.05) is 19.3 Å². The molecule has 0 amide bonds. The lowest BCUT2D eigenvalue weighted by atomic mass is 10.1. The first-order valence-electron chi connectivity index (χ1n) is 6.21. The van der Waals surface area contributed by atoms with Crippen LogP contribution in [0.4, 0.5) is 8.78 Å². The zero-order valence-electron chi connectivity index (χ0n) is 10.1. The molecule has 1 aliphatic carbocycles. The molecule has 1 saturated carbocycles. The maximum Gasteiger partial charge on any atom is 0.142 e. The zero-order valence-corrected chi connectivity index (χ0v) is 10.9. The number of halogens is 2. The molecule has 3 unspecified atom stereocenters. The maximum atomic E-state index is 13.6. The van der Waals surface area contributed by atoms with Gasteiger partial charge in [0.1, 0.15) is 11.6 Å². The normalized spacial score (nSPS) is 26.6. The summed E-state index contributed by atoms with van der Waals surface area (Å²) in [6, 6.07) is 3.00. The Hall–Kier alpha value is -0.810. The summed E-state index contributed by atoms with van der Waals surface area (Å²) in [6.07, 6.45) is 4.63. The van der Waals surface area contributed by atoms with E-state index >= 15 is 0 Å². The van der Waals surface area contributed by atoms with E-state index in [1.165, 1.54) is 6.07 Å². The molecule has 18 heavy (non-hydrogen) atoms. The lowest BCUT2D eigenvalue weighted by Gasteiger charge is -2.20. The van der Waals surface area contributed by atoms with E-state index in [-0.39, 0.29) is 16.2 Å². The van der Waals surface area contributed by atoms with Gasteiger partial charge in [0.15, 0.2) is 0 Å². The molecule has 1 fully saturated rings. The molecule has 100 valence electrons. The van der Waals surface area contributed by atoms with Gasteiger partial charge in [0.25, 0.3) is 0 Å². The number of benzene rings is 1. The van der Waals surface area contributed by atoms with Gasteiger partial charge in [-0.25, -0.2) is 8.78 Å². The van der Waals surface area contributed by atoms with Crippen LogP contribution >= 0.6 is 0 Å². The summed E-state index contributed by atoms with van der Waals surface area (Å²) < 4.78 is 38.8. The first kappa shape index (κ1) is 13.6. The van der Waals surface area contributed by atoms with Crippen molar-refractivity contribution in [2.45, 2.75) is 48.3 Å². The van der Waals surface area contributed by atoms with Crippen molar-refractivity contribution in [3.05, 3.63) is 29.8 Å². The predicted molar refractivity (Wildman–Crippen MR) is 67.6 cm³/mol. The molecule has 0 radical (unpaired) electrons. The first-order chi connectivity index (χ1) is 8.59. The van der Waals surface area contributed by atoms with E-state index in [0.717, 1.165) is 44.2 Å². The van der Waals surface area contributed by atoms with Crippen molar-refractivity contribution in [1.82, 2.24) is 0 Å². The van der Waals surface area contributed by atoms with Crippen molar-refractivity contribution in [2.75, 3.05) is 0 Å². The molecule has 3 atom stereocenters. The minimum atomic E-state index is -1.50. The van der Waals surface area contributed by atoms with Gasteiger partial charge in [-0.15, -0.1) is 0 Å². The maximum absolute atomic E-state index is 13.6. The van der Waals surface area contributed by atoms with Crippen LogP contribution < -0.4 is 5.73 Å². The first-order valence-corrected chi connectivity index (χ1v) is 7.42. The van der Waals surface area contributed by atoms with Gasteiger partial charge < -0.3 is 5.73 Å². The van der Waals surface area contributed by atoms with Crippen LogP contribution in [0.3, 0.4) is 0 Å². The van der Waals surface area contributed by atoms with Crippen LogP contribution in [0, 0.1) is 11.6 Å². The fraction of sp³-hybridized carbons (Fsp3) is 0.538. The summed E-state index contributed by atoms with van der Waals surface area (Å²) in [5, 5.41) is -0.229. The fourth-order valence-corrected chi connectivity index (χ4v) is 3.98. The smallest absolute Gasteiger partial charge is 0.142 e. The average Bonchev–Trinajstić information content (AvgIpc) is 2.53. The SMILES string of the molecule is NC1CCCCCC1S(=O)c1ccc(F)cc1F. The van der Waals surface area contributed by atoms with E-state index in [1.807, 2.05) is 0 Å². The van der Waals surface area contributed by atoms with Gasteiger partial charge in [-0.3, -0.25) is 4.21 Å². The molecule has 0 aromatic heterocycles. The van der Waals surface area contributed by atoms with E-state index < -0.39 is 22.4 Å². The third-order valence-electron chi connectivity index (χ3n) is 3.39. The van der Waals surface area contributed by atoms with Gasteiger partial charge >= 0.3 is 0 Å². The van der Waals surface area contributed by atoms with Crippen LogP contribution in [0.15, 0.2) is 23.1 Å². The van der Waals surface area contributed by atoms with Crippen LogP contribution in [0.1, 0.15) is 32.1 Å². The van der Waals surface area contributed by atoms with Gasteiger partial charge in [-0.05, 0) is 25.0 Å². The molecule has 1 aliphatic rings. The Kier molecular flexibility index (Phi) is 4.45. The highest BCUT2D eigenvalue weighted by Crippen LogP contribution is 2.26. The topological polar surface area (TPSA) is 43.1 Å². The molecule has 0 spiro atoms. The van der Waals surface area contributed by atoms with Gasteiger partial charge in [-0.2, -0.15) is 0 Å². The van der Waals surface area contributed by atoms with Crippen molar-refractivity contribution in [1.29, 1.82) is 0 Å². The predicted octanol–water partition coefficient (Wildman–Crippen LogP) is 2.73. The average molecular weight is 273 g/mol. The minimum Gasteiger partial charge on any atom is -0.327 e. The molecular formula is C13H17F2NOS. The number of rotatable bonds is 2. The molecule has 1 aromatic carbocycles. The van der Waals surface area contributed by atoms with Gasteiger partial charge in [0, 0.05) is 12.1 Å². The molecule has 0 bridgehead atoms. The highest BCUT2D eigenvalue weighted by atomic mass is 32.2. The standard InChI is InChI=1S/C13H17F2NOS/c14-9-6-7-12(10(15)8-9)18(17)13-5-3-1-2-4-11(13)16/h6-8,11,13H,1-5,16H2. The largest absolute Gasteiger partial charge is 0.327 e. The zero-order chi connectivity index (χ0) is 13.1. The summed E-state index contributed by atoms with van der Waals surface area (Å²) >= 11 is 0. The van der Waals surface area contributed by atoms with Crippen molar-refractivity contribution < 1.29 is 13.0 Å². The summed E-state index contributed by atoms with van der Waals surface area (Å²) in [5.74, 6) is -1.40. The number of hydrogen-bond acceptors (Lipinski definition) is 2. The van der Waals surface area contributed by atoms with E-state index in [9.17, 15) is 13.0 Å². The summed E-state index contributed by atoms with van der Waals surface area (Å²) in [6.45, 7) is 0. The molecule has 2 rings (SSSR count). The fourth-order valence-electron chi connectivity index (χ4n) is 2.37. The van der Waals surface area contributed by atoms with Crippen molar-refractivity contribution in [3.8, 4) is 0 Å². The van der Waals surface area contributed by atoms with Crippen molar-refractivity contribution in [3.63, 3.8) is 0 Å². The molecule has 2 N–H and O–H groups in total. The Bertz CT molecular complexity index is 453. The van der Waals surface area contributed by atoms with Crippen LogP contribution in [-0.4, -0.2) is 15.5 Å². The number of hydrogen-bond donors (Lipinski definition) is 1. The van der Waals surface area contributed by atoms with Crippen LogP contribution in [0.2, 0.25) is 0 Å². The Labute approximate surface area is 108 Å². The van der Waals surface area contributed by atoms with Crippen LogP contribution in [0.5, 0.6) is 0 Å². The second-order valence-electron chi connectivity index (χ2n) is 4.71. The highest BCUT2D eigenvalue weighted by molar-refractivity contribution is 7.85. The molecule has 1 aromatic rings. The Morgan fingerprint density at radius 1 is 1.17 bits per heavy atom. The minimum absolute atomic E-state index is 0.0683. The monoisotopic (exact) mass is 273 g/mol. The molecular weight excluding hydrogens is 256 g/mol. The van der Waals surface area contributed by atoms with E-state index in [4.69, 9.17) is 5.73 Å². The third-order valence-corrected chi connectivity index (χ3v) is 5.29. The summed E-state index contributed by atoms with van der Waals surface area (Å²) in [5.41, 5.74) is 6.01. The molecule has 0 aliphatic heterocycles. The van der Waals surface area contributed by atoms with Crippen molar-refractivity contribution in [2.24, 2.45) is 5.73 Å².